The first-order chi connectivity index (χ1) is 8.08. The molecule has 94 valence electrons. The van der Waals surface area contributed by atoms with Crippen LogP contribution in [0.4, 0.5) is 5.82 Å². The number of aromatic nitrogens is 1. The lowest BCUT2D eigenvalue weighted by molar-refractivity contribution is 0.0557. The van der Waals surface area contributed by atoms with E-state index in [1.165, 1.54) is 0 Å². The number of nitrogen functional groups attached to an aromatic ring is 1. The fourth-order valence-corrected chi connectivity index (χ4v) is 2.47. The van der Waals surface area contributed by atoms with Gasteiger partial charge in [0.1, 0.15) is 5.82 Å². The van der Waals surface area contributed by atoms with Gasteiger partial charge in [0.2, 0.25) is 0 Å². The topological polar surface area (TPSA) is 45.4 Å². The SMILES string of the molecule is CC1CN(Cc2cccnc2N)CC(C)N1C. The third-order valence-electron chi connectivity index (χ3n) is 3.76. The van der Waals surface area contributed by atoms with E-state index >= 15 is 0 Å². The molecule has 2 rings (SSSR count). The van der Waals surface area contributed by atoms with Gasteiger partial charge in [0.15, 0.2) is 0 Å². The lowest BCUT2D eigenvalue weighted by Crippen LogP contribution is -2.54. The standard InChI is InChI=1S/C13H22N4/c1-10-7-17(8-11(2)16(10)3)9-12-5-4-6-15-13(12)14/h4-6,10-11H,7-9H2,1-3H3,(H2,14,15). The molecule has 1 aliphatic rings. The van der Waals surface area contributed by atoms with Crippen molar-refractivity contribution in [2.75, 3.05) is 25.9 Å². The molecule has 4 heteroatoms. The Balaban J connectivity index is 2.03. The molecule has 1 aromatic heterocycles. The molecule has 2 heterocycles. The first kappa shape index (κ1) is 12.3. The molecule has 0 amide bonds. The van der Waals surface area contributed by atoms with Crippen molar-refractivity contribution >= 4 is 5.82 Å². The molecule has 1 fully saturated rings. The molecule has 0 saturated carbocycles. The van der Waals surface area contributed by atoms with Gasteiger partial charge in [-0.15, -0.1) is 0 Å². The van der Waals surface area contributed by atoms with Crippen molar-refractivity contribution < 1.29 is 0 Å². The largest absolute Gasteiger partial charge is 0.383 e. The van der Waals surface area contributed by atoms with Gasteiger partial charge < -0.3 is 5.73 Å². The predicted molar refractivity (Wildman–Crippen MR) is 70.6 cm³/mol. The van der Waals surface area contributed by atoms with Crippen molar-refractivity contribution in [3.63, 3.8) is 0 Å². The minimum Gasteiger partial charge on any atom is -0.383 e. The molecule has 1 saturated heterocycles. The number of piperazine rings is 1. The average Bonchev–Trinajstić information content (AvgIpc) is 2.29. The average molecular weight is 234 g/mol. The monoisotopic (exact) mass is 234 g/mol. The van der Waals surface area contributed by atoms with E-state index in [1.54, 1.807) is 6.20 Å². The van der Waals surface area contributed by atoms with Crippen LogP contribution in [-0.4, -0.2) is 47.0 Å². The lowest BCUT2D eigenvalue weighted by atomic mass is 10.1. The lowest BCUT2D eigenvalue weighted by Gasteiger charge is -2.42. The maximum atomic E-state index is 5.89. The summed E-state index contributed by atoms with van der Waals surface area (Å²) in [5.74, 6) is 0.659. The Bertz CT molecular complexity index is 367. The van der Waals surface area contributed by atoms with Crippen LogP contribution < -0.4 is 5.73 Å². The Hall–Kier alpha value is -1.13. The summed E-state index contributed by atoms with van der Waals surface area (Å²) in [4.78, 5) is 9.03. The van der Waals surface area contributed by atoms with Crippen LogP contribution in [0.1, 0.15) is 19.4 Å². The van der Waals surface area contributed by atoms with Crippen molar-refractivity contribution in [1.29, 1.82) is 0 Å². The van der Waals surface area contributed by atoms with Gasteiger partial charge in [-0.2, -0.15) is 0 Å². The number of nitrogens with zero attached hydrogens (tertiary/aromatic N) is 3. The molecule has 17 heavy (non-hydrogen) atoms. The Kier molecular flexibility index (Phi) is 3.64. The third-order valence-corrected chi connectivity index (χ3v) is 3.76. The highest BCUT2D eigenvalue weighted by atomic mass is 15.3. The van der Waals surface area contributed by atoms with E-state index in [0.29, 0.717) is 17.9 Å². The smallest absolute Gasteiger partial charge is 0.127 e. The summed E-state index contributed by atoms with van der Waals surface area (Å²) in [6.45, 7) is 7.64. The van der Waals surface area contributed by atoms with Crippen molar-refractivity contribution in [2.45, 2.75) is 32.5 Å². The second kappa shape index (κ2) is 5.02. The van der Waals surface area contributed by atoms with Crippen LogP contribution in [0.5, 0.6) is 0 Å². The molecular weight excluding hydrogens is 212 g/mol. The van der Waals surface area contributed by atoms with E-state index in [1.807, 2.05) is 6.07 Å². The van der Waals surface area contributed by atoms with Gasteiger partial charge in [-0.25, -0.2) is 4.98 Å². The second-order valence-corrected chi connectivity index (χ2v) is 5.11. The van der Waals surface area contributed by atoms with Crippen LogP contribution >= 0.6 is 0 Å². The number of hydrogen-bond donors (Lipinski definition) is 1. The van der Waals surface area contributed by atoms with Gasteiger partial charge >= 0.3 is 0 Å². The van der Waals surface area contributed by atoms with E-state index in [9.17, 15) is 0 Å². The highest BCUT2D eigenvalue weighted by molar-refractivity contribution is 5.38. The summed E-state index contributed by atoms with van der Waals surface area (Å²) < 4.78 is 0. The predicted octanol–water partition coefficient (Wildman–Crippen LogP) is 1.19. The van der Waals surface area contributed by atoms with Gasteiger partial charge in [-0.1, -0.05) is 6.07 Å². The van der Waals surface area contributed by atoms with Crippen molar-refractivity contribution in [3.05, 3.63) is 23.9 Å². The number of pyridine rings is 1. The zero-order chi connectivity index (χ0) is 12.4. The molecule has 1 aliphatic heterocycles. The van der Waals surface area contributed by atoms with Gasteiger partial charge in [-0.3, -0.25) is 9.80 Å². The molecule has 4 nitrogen and oxygen atoms in total. The minimum atomic E-state index is 0.594. The molecule has 2 N–H and O–H groups in total. The van der Waals surface area contributed by atoms with Gasteiger partial charge in [0, 0.05) is 43.5 Å². The van der Waals surface area contributed by atoms with Crippen LogP contribution in [0.2, 0.25) is 0 Å². The molecular formula is C13H22N4. The Morgan fingerprint density at radius 1 is 1.35 bits per heavy atom. The fourth-order valence-electron chi connectivity index (χ4n) is 2.47. The fraction of sp³-hybridized carbons (Fsp3) is 0.615. The molecule has 1 aromatic rings. The van der Waals surface area contributed by atoms with E-state index in [4.69, 9.17) is 5.73 Å². The summed E-state index contributed by atoms with van der Waals surface area (Å²) in [5, 5.41) is 0. The van der Waals surface area contributed by atoms with Crippen LogP contribution in [0.25, 0.3) is 0 Å². The number of likely N-dealkylation sites (N-methyl/N-ethyl adjacent to an activating group) is 1. The molecule has 0 radical (unpaired) electrons. The third kappa shape index (κ3) is 2.76. The highest BCUT2D eigenvalue weighted by Crippen LogP contribution is 2.17. The maximum Gasteiger partial charge on any atom is 0.127 e. The quantitative estimate of drug-likeness (QED) is 0.835. The van der Waals surface area contributed by atoms with E-state index in [2.05, 4.69) is 41.7 Å². The van der Waals surface area contributed by atoms with E-state index in [0.717, 1.165) is 25.2 Å². The Morgan fingerprint density at radius 2 is 2.00 bits per heavy atom. The highest BCUT2D eigenvalue weighted by Gasteiger charge is 2.26. The molecule has 2 unspecified atom stereocenters. The number of anilines is 1. The summed E-state index contributed by atoms with van der Waals surface area (Å²) in [6, 6.07) is 5.21. The molecule has 0 bridgehead atoms. The van der Waals surface area contributed by atoms with Gasteiger partial charge in [0.05, 0.1) is 0 Å². The first-order valence-electron chi connectivity index (χ1n) is 6.21. The van der Waals surface area contributed by atoms with Crippen LogP contribution in [0.3, 0.4) is 0 Å². The Labute approximate surface area is 103 Å². The summed E-state index contributed by atoms with van der Waals surface area (Å²) in [5.41, 5.74) is 7.02. The maximum absolute atomic E-state index is 5.89. The van der Waals surface area contributed by atoms with Gasteiger partial charge in [-0.05, 0) is 27.0 Å². The van der Waals surface area contributed by atoms with E-state index < -0.39 is 0 Å². The zero-order valence-corrected chi connectivity index (χ0v) is 10.9. The van der Waals surface area contributed by atoms with Crippen molar-refractivity contribution in [1.82, 2.24) is 14.8 Å². The Morgan fingerprint density at radius 3 is 2.59 bits per heavy atom. The second-order valence-electron chi connectivity index (χ2n) is 5.11. The van der Waals surface area contributed by atoms with Crippen LogP contribution in [0.15, 0.2) is 18.3 Å². The summed E-state index contributed by atoms with van der Waals surface area (Å²) >= 11 is 0. The molecule has 0 spiro atoms. The summed E-state index contributed by atoms with van der Waals surface area (Å²) in [7, 11) is 2.20. The van der Waals surface area contributed by atoms with E-state index in [-0.39, 0.29) is 0 Å². The molecule has 0 aliphatic carbocycles. The van der Waals surface area contributed by atoms with Crippen LogP contribution in [0, 0.1) is 0 Å². The normalized spacial score (nSPS) is 27.2. The number of nitrogens with two attached hydrogens (primary N) is 1. The van der Waals surface area contributed by atoms with Gasteiger partial charge in [0.25, 0.3) is 0 Å². The summed E-state index contributed by atoms with van der Waals surface area (Å²) in [6.07, 6.45) is 1.74. The molecule has 2 atom stereocenters. The first-order valence-corrected chi connectivity index (χ1v) is 6.21. The van der Waals surface area contributed by atoms with Crippen LogP contribution in [-0.2, 0) is 6.54 Å². The minimum absolute atomic E-state index is 0.594. The van der Waals surface area contributed by atoms with Crippen molar-refractivity contribution in [3.8, 4) is 0 Å². The number of rotatable bonds is 2. The zero-order valence-electron chi connectivity index (χ0n) is 10.9. The number of hydrogen-bond acceptors (Lipinski definition) is 4. The van der Waals surface area contributed by atoms with Crippen molar-refractivity contribution in [2.24, 2.45) is 0 Å². The molecule has 0 aromatic carbocycles.